The molecule has 1 aromatic rings. The van der Waals surface area contributed by atoms with Gasteiger partial charge in [0, 0.05) is 26.3 Å². The van der Waals surface area contributed by atoms with Crippen molar-refractivity contribution in [2.45, 2.75) is 25.4 Å². The molecule has 4 nitrogen and oxygen atoms in total. The second-order valence-corrected chi connectivity index (χ2v) is 5.47. The van der Waals surface area contributed by atoms with E-state index in [9.17, 15) is 9.18 Å². The number of carbonyl (C=O) groups is 1. The molecule has 116 valence electrons. The summed E-state index contributed by atoms with van der Waals surface area (Å²) in [7, 11) is 0. The van der Waals surface area contributed by atoms with Gasteiger partial charge in [-0.25, -0.2) is 4.39 Å². The molecule has 0 spiro atoms. The lowest BCUT2D eigenvalue weighted by Gasteiger charge is -2.32. The summed E-state index contributed by atoms with van der Waals surface area (Å²) in [5, 5.41) is 8.85. The zero-order valence-electron chi connectivity index (χ0n) is 11.7. The molecular weight excluding hydrogens is 297 g/mol. The molecule has 1 aliphatic heterocycles. The van der Waals surface area contributed by atoms with E-state index < -0.39 is 5.82 Å². The monoisotopic (exact) mass is 315 g/mol. The summed E-state index contributed by atoms with van der Waals surface area (Å²) >= 11 is 5.92. The van der Waals surface area contributed by atoms with Crippen molar-refractivity contribution in [2.75, 3.05) is 26.3 Å². The number of aliphatic hydroxyl groups excluding tert-OH is 1. The number of hydrogen-bond acceptors (Lipinski definition) is 3. The normalized spacial score (nSPS) is 16.2. The molecule has 0 atom stereocenters. The first-order chi connectivity index (χ1) is 10.1. The van der Waals surface area contributed by atoms with Gasteiger partial charge >= 0.3 is 0 Å². The van der Waals surface area contributed by atoms with Crippen LogP contribution in [0.15, 0.2) is 18.2 Å². The van der Waals surface area contributed by atoms with Gasteiger partial charge in [0.25, 0.3) is 5.91 Å². The topological polar surface area (TPSA) is 49.8 Å². The number of nitrogens with zero attached hydrogens (tertiary/aromatic N) is 1. The quantitative estimate of drug-likeness (QED) is 0.849. The van der Waals surface area contributed by atoms with Crippen molar-refractivity contribution in [1.29, 1.82) is 0 Å². The maximum absolute atomic E-state index is 13.0. The highest BCUT2D eigenvalue weighted by atomic mass is 35.5. The zero-order chi connectivity index (χ0) is 15.2. The molecule has 0 saturated carbocycles. The number of benzene rings is 1. The number of carbonyl (C=O) groups excluding carboxylic acids is 1. The Labute approximate surface area is 128 Å². The Morgan fingerprint density at radius 3 is 2.76 bits per heavy atom. The third-order valence-corrected chi connectivity index (χ3v) is 3.86. The van der Waals surface area contributed by atoms with Gasteiger partial charge in [-0.15, -0.1) is 0 Å². The van der Waals surface area contributed by atoms with Gasteiger partial charge in [-0.2, -0.15) is 0 Å². The number of ether oxygens (including phenoxy) is 1. The molecule has 2 rings (SSSR count). The van der Waals surface area contributed by atoms with E-state index in [1.165, 1.54) is 12.1 Å². The first kappa shape index (κ1) is 16.2. The molecule has 1 aromatic carbocycles. The van der Waals surface area contributed by atoms with Crippen LogP contribution >= 0.6 is 11.6 Å². The Balaban J connectivity index is 1.88. The van der Waals surface area contributed by atoms with Crippen molar-refractivity contribution in [2.24, 2.45) is 0 Å². The molecule has 0 unspecified atom stereocenters. The van der Waals surface area contributed by atoms with E-state index >= 15 is 0 Å². The Morgan fingerprint density at radius 2 is 2.14 bits per heavy atom. The Morgan fingerprint density at radius 1 is 1.43 bits per heavy atom. The summed E-state index contributed by atoms with van der Waals surface area (Å²) in [5.41, 5.74) is 0.331. The molecule has 0 bridgehead atoms. The van der Waals surface area contributed by atoms with E-state index in [0.717, 1.165) is 18.9 Å². The van der Waals surface area contributed by atoms with Crippen LogP contribution in [0.2, 0.25) is 5.02 Å². The third-order valence-electron chi connectivity index (χ3n) is 3.55. The predicted octanol–water partition coefficient (Wildman–Crippen LogP) is 2.48. The second kappa shape index (κ2) is 7.73. The van der Waals surface area contributed by atoms with Crippen LogP contribution in [-0.2, 0) is 4.74 Å². The third kappa shape index (κ3) is 4.40. The predicted molar refractivity (Wildman–Crippen MR) is 78.0 cm³/mol. The Kier molecular flexibility index (Phi) is 5.96. The average Bonchev–Trinajstić information content (AvgIpc) is 2.48. The lowest BCUT2D eigenvalue weighted by Crippen LogP contribution is -2.41. The molecule has 1 amide bonds. The number of halogens is 2. The molecule has 21 heavy (non-hydrogen) atoms. The molecule has 0 radical (unpaired) electrons. The lowest BCUT2D eigenvalue weighted by atomic mass is 10.1. The number of likely N-dealkylation sites (tertiary alicyclic amines) is 1. The summed E-state index contributed by atoms with van der Waals surface area (Å²) in [6, 6.07) is 3.81. The fourth-order valence-corrected chi connectivity index (χ4v) is 2.62. The van der Waals surface area contributed by atoms with Crippen molar-refractivity contribution >= 4 is 17.5 Å². The van der Waals surface area contributed by atoms with Crippen molar-refractivity contribution in [3.8, 4) is 0 Å². The van der Waals surface area contributed by atoms with Gasteiger partial charge in [0.2, 0.25) is 0 Å². The lowest BCUT2D eigenvalue weighted by molar-refractivity contribution is 0.00398. The SMILES string of the molecule is O=C(c1ccc(F)cc1Cl)N1CCC(OCCCO)CC1. The van der Waals surface area contributed by atoms with Crippen LogP contribution in [0.25, 0.3) is 0 Å². The number of piperidine rings is 1. The van der Waals surface area contributed by atoms with Crippen LogP contribution in [0.5, 0.6) is 0 Å². The van der Waals surface area contributed by atoms with Crippen LogP contribution in [0.4, 0.5) is 4.39 Å². The minimum atomic E-state index is -0.451. The highest BCUT2D eigenvalue weighted by Crippen LogP contribution is 2.22. The maximum Gasteiger partial charge on any atom is 0.255 e. The highest BCUT2D eigenvalue weighted by Gasteiger charge is 2.25. The van der Waals surface area contributed by atoms with Gasteiger partial charge in [0.05, 0.1) is 16.7 Å². The van der Waals surface area contributed by atoms with Crippen molar-refractivity contribution in [3.05, 3.63) is 34.6 Å². The first-order valence-electron chi connectivity index (χ1n) is 7.08. The minimum Gasteiger partial charge on any atom is -0.396 e. The number of rotatable bonds is 5. The smallest absolute Gasteiger partial charge is 0.255 e. The highest BCUT2D eigenvalue weighted by molar-refractivity contribution is 6.33. The molecule has 1 heterocycles. The molecule has 1 saturated heterocycles. The van der Waals surface area contributed by atoms with Crippen LogP contribution in [0, 0.1) is 5.82 Å². The molecule has 1 N–H and O–H groups in total. The van der Waals surface area contributed by atoms with Crippen molar-refractivity contribution < 1.29 is 19.0 Å². The fraction of sp³-hybridized carbons (Fsp3) is 0.533. The van der Waals surface area contributed by atoms with Gasteiger partial charge in [0.15, 0.2) is 0 Å². The van der Waals surface area contributed by atoms with E-state index in [2.05, 4.69) is 0 Å². The number of aliphatic hydroxyl groups is 1. The number of hydrogen-bond donors (Lipinski definition) is 1. The first-order valence-corrected chi connectivity index (χ1v) is 7.46. The van der Waals surface area contributed by atoms with Crippen LogP contribution in [-0.4, -0.2) is 48.3 Å². The molecule has 1 aliphatic rings. The molecular formula is C15H19ClFNO3. The van der Waals surface area contributed by atoms with Crippen molar-refractivity contribution in [1.82, 2.24) is 4.90 Å². The minimum absolute atomic E-state index is 0.125. The maximum atomic E-state index is 13.0. The van der Waals surface area contributed by atoms with E-state index in [-0.39, 0.29) is 23.6 Å². The fourth-order valence-electron chi connectivity index (χ4n) is 2.37. The largest absolute Gasteiger partial charge is 0.396 e. The summed E-state index contributed by atoms with van der Waals surface area (Å²) in [5.74, 6) is -0.624. The van der Waals surface area contributed by atoms with Crippen LogP contribution in [0.1, 0.15) is 29.6 Å². The summed E-state index contributed by atoms with van der Waals surface area (Å²) in [6.07, 6.45) is 2.28. The van der Waals surface area contributed by atoms with E-state index in [0.29, 0.717) is 31.7 Å². The second-order valence-electron chi connectivity index (χ2n) is 5.06. The van der Waals surface area contributed by atoms with Crippen molar-refractivity contribution in [3.63, 3.8) is 0 Å². The van der Waals surface area contributed by atoms with Gasteiger partial charge in [0.1, 0.15) is 5.82 Å². The molecule has 0 aromatic heterocycles. The summed E-state index contributed by atoms with van der Waals surface area (Å²) in [4.78, 5) is 14.1. The summed E-state index contributed by atoms with van der Waals surface area (Å²) in [6.45, 7) is 1.85. The molecule has 6 heteroatoms. The van der Waals surface area contributed by atoms with Gasteiger partial charge in [-0.3, -0.25) is 4.79 Å². The van der Waals surface area contributed by atoms with E-state index in [1.54, 1.807) is 4.90 Å². The van der Waals surface area contributed by atoms with E-state index in [1.807, 2.05) is 0 Å². The van der Waals surface area contributed by atoms with Gasteiger partial charge < -0.3 is 14.7 Å². The van der Waals surface area contributed by atoms with Crippen LogP contribution < -0.4 is 0 Å². The van der Waals surface area contributed by atoms with Crippen LogP contribution in [0.3, 0.4) is 0 Å². The van der Waals surface area contributed by atoms with Gasteiger partial charge in [-0.1, -0.05) is 11.6 Å². The van der Waals surface area contributed by atoms with E-state index in [4.69, 9.17) is 21.4 Å². The number of amides is 1. The Bertz CT molecular complexity index is 490. The molecule has 1 fully saturated rings. The summed E-state index contributed by atoms with van der Waals surface area (Å²) < 4.78 is 18.6. The average molecular weight is 316 g/mol. The standard InChI is InChI=1S/C15H19ClFNO3/c16-14-10-11(17)2-3-13(14)15(20)18-6-4-12(5-7-18)21-9-1-8-19/h2-3,10,12,19H,1,4-9H2. The molecule has 0 aliphatic carbocycles. The van der Waals surface area contributed by atoms with Gasteiger partial charge in [-0.05, 0) is 37.5 Å². The zero-order valence-corrected chi connectivity index (χ0v) is 12.5. The Hall–Kier alpha value is -1.17.